The van der Waals surface area contributed by atoms with Crippen molar-refractivity contribution < 1.29 is 9.15 Å². The monoisotopic (exact) mass is 230 g/mol. The molecule has 2 rings (SSSR count). The van der Waals surface area contributed by atoms with Gasteiger partial charge in [-0.3, -0.25) is 0 Å². The highest BCUT2D eigenvalue weighted by molar-refractivity contribution is 5.74. The molecule has 4 heteroatoms. The molecule has 0 aliphatic carbocycles. The van der Waals surface area contributed by atoms with E-state index in [2.05, 4.69) is 4.98 Å². The number of hydrogen-bond acceptors (Lipinski definition) is 4. The average Bonchev–Trinajstić information content (AvgIpc) is 2.72. The first-order valence-corrected chi connectivity index (χ1v) is 5.61. The lowest BCUT2D eigenvalue weighted by atomic mass is 10.2. The molecule has 4 nitrogen and oxygen atoms in total. The molecule has 88 valence electrons. The van der Waals surface area contributed by atoms with E-state index in [9.17, 15) is 0 Å². The maximum atomic E-state index is 8.42. The van der Waals surface area contributed by atoms with Gasteiger partial charge in [0, 0.05) is 12.0 Å². The molecule has 1 aromatic carbocycles. The summed E-state index contributed by atoms with van der Waals surface area (Å²) in [4.78, 5) is 4.38. The minimum absolute atomic E-state index is 0.269. The SMILES string of the molecule is CC(C)c1nc2ccc(OCCC#N)cc2o1. The molecule has 0 spiro atoms. The van der Waals surface area contributed by atoms with E-state index in [-0.39, 0.29) is 5.92 Å². The van der Waals surface area contributed by atoms with E-state index in [1.54, 1.807) is 0 Å². The van der Waals surface area contributed by atoms with Gasteiger partial charge in [0.1, 0.15) is 17.9 Å². The largest absolute Gasteiger partial charge is 0.492 e. The first-order valence-electron chi connectivity index (χ1n) is 5.61. The van der Waals surface area contributed by atoms with Crippen molar-refractivity contribution in [2.75, 3.05) is 6.61 Å². The zero-order valence-electron chi connectivity index (χ0n) is 9.93. The van der Waals surface area contributed by atoms with Gasteiger partial charge in [-0.25, -0.2) is 4.98 Å². The van der Waals surface area contributed by atoms with E-state index in [4.69, 9.17) is 14.4 Å². The van der Waals surface area contributed by atoms with Crippen molar-refractivity contribution in [3.05, 3.63) is 24.1 Å². The highest BCUT2D eigenvalue weighted by Crippen LogP contribution is 2.24. The Bertz CT molecular complexity index is 552. The summed E-state index contributed by atoms with van der Waals surface area (Å²) in [6.07, 6.45) is 0.381. The molecule has 17 heavy (non-hydrogen) atoms. The second-order valence-corrected chi connectivity index (χ2v) is 4.09. The molecule has 1 aromatic heterocycles. The molecule has 0 saturated heterocycles. The van der Waals surface area contributed by atoms with E-state index in [1.165, 1.54) is 0 Å². The Morgan fingerprint density at radius 3 is 3.00 bits per heavy atom. The van der Waals surface area contributed by atoms with Gasteiger partial charge < -0.3 is 9.15 Å². The van der Waals surface area contributed by atoms with Crippen LogP contribution in [0.5, 0.6) is 5.75 Å². The molecular weight excluding hydrogens is 216 g/mol. The van der Waals surface area contributed by atoms with Crippen molar-refractivity contribution >= 4 is 11.1 Å². The van der Waals surface area contributed by atoms with Crippen molar-refractivity contribution in [1.29, 1.82) is 5.26 Å². The van der Waals surface area contributed by atoms with Gasteiger partial charge in [-0.2, -0.15) is 5.26 Å². The lowest BCUT2D eigenvalue weighted by Gasteiger charge is -2.01. The average molecular weight is 230 g/mol. The van der Waals surface area contributed by atoms with E-state index >= 15 is 0 Å². The Kier molecular flexibility index (Phi) is 3.29. The molecule has 0 atom stereocenters. The molecule has 2 aromatic rings. The van der Waals surface area contributed by atoms with Crippen LogP contribution in [0.15, 0.2) is 22.6 Å². The van der Waals surface area contributed by atoms with Gasteiger partial charge in [-0.15, -0.1) is 0 Å². The van der Waals surface area contributed by atoms with Gasteiger partial charge in [0.2, 0.25) is 0 Å². The molecule has 0 saturated carbocycles. The van der Waals surface area contributed by atoms with Crippen molar-refractivity contribution in [3.63, 3.8) is 0 Å². The number of oxazole rings is 1. The van der Waals surface area contributed by atoms with Crippen LogP contribution in [0.1, 0.15) is 32.1 Å². The highest BCUT2D eigenvalue weighted by Gasteiger charge is 2.09. The third-order valence-corrected chi connectivity index (χ3v) is 2.35. The van der Waals surface area contributed by atoms with Crippen LogP contribution in [0.2, 0.25) is 0 Å². The summed E-state index contributed by atoms with van der Waals surface area (Å²) < 4.78 is 11.0. The number of nitrogens with zero attached hydrogens (tertiary/aromatic N) is 2. The predicted molar refractivity (Wildman–Crippen MR) is 63.8 cm³/mol. The summed E-state index contributed by atoms with van der Waals surface area (Å²) in [5, 5.41) is 8.42. The topological polar surface area (TPSA) is 59.0 Å². The van der Waals surface area contributed by atoms with Crippen LogP contribution >= 0.6 is 0 Å². The lowest BCUT2D eigenvalue weighted by molar-refractivity contribution is 0.326. The molecule has 0 fully saturated rings. The van der Waals surface area contributed by atoms with Gasteiger partial charge in [0.25, 0.3) is 0 Å². The molecular formula is C13H14N2O2. The molecule has 0 amide bonds. The second kappa shape index (κ2) is 4.88. The number of fused-ring (bicyclic) bond motifs is 1. The van der Waals surface area contributed by atoms with Crippen LogP contribution in [0, 0.1) is 11.3 Å². The number of aromatic nitrogens is 1. The number of nitriles is 1. The van der Waals surface area contributed by atoms with Gasteiger partial charge in [0.05, 0.1) is 12.5 Å². The molecule has 1 heterocycles. The Morgan fingerprint density at radius 1 is 1.47 bits per heavy atom. The Balaban J connectivity index is 2.22. The lowest BCUT2D eigenvalue weighted by Crippen LogP contribution is -1.94. The highest BCUT2D eigenvalue weighted by atomic mass is 16.5. The van der Waals surface area contributed by atoms with Gasteiger partial charge in [0.15, 0.2) is 11.5 Å². The first kappa shape index (κ1) is 11.5. The van der Waals surface area contributed by atoms with Crippen LogP contribution in [-0.4, -0.2) is 11.6 Å². The third kappa shape index (κ3) is 2.56. The van der Waals surface area contributed by atoms with Gasteiger partial charge in [-0.1, -0.05) is 13.8 Å². The Hall–Kier alpha value is -2.02. The summed E-state index contributed by atoms with van der Waals surface area (Å²) in [5.74, 6) is 1.71. The van der Waals surface area contributed by atoms with Crippen LogP contribution < -0.4 is 4.74 Å². The molecule has 0 N–H and O–H groups in total. The van der Waals surface area contributed by atoms with Gasteiger partial charge >= 0.3 is 0 Å². The van der Waals surface area contributed by atoms with E-state index in [1.807, 2.05) is 38.1 Å². The molecule has 0 radical (unpaired) electrons. The first-order chi connectivity index (χ1) is 8.20. The third-order valence-electron chi connectivity index (χ3n) is 2.35. The maximum absolute atomic E-state index is 8.42. The van der Waals surface area contributed by atoms with E-state index < -0.39 is 0 Å². The molecule has 0 unspecified atom stereocenters. The summed E-state index contributed by atoms with van der Waals surface area (Å²) in [5.41, 5.74) is 1.56. The standard InChI is InChI=1S/C13H14N2O2/c1-9(2)13-15-11-5-4-10(8-12(11)17-13)16-7-3-6-14/h4-5,8-9H,3,7H2,1-2H3. The number of rotatable bonds is 4. The smallest absolute Gasteiger partial charge is 0.198 e. The van der Waals surface area contributed by atoms with E-state index in [0.717, 1.165) is 17.0 Å². The van der Waals surface area contributed by atoms with Crippen molar-refractivity contribution in [1.82, 2.24) is 4.98 Å². The van der Waals surface area contributed by atoms with Crippen LogP contribution in [0.25, 0.3) is 11.1 Å². The van der Waals surface area contributed by atoms with E-state index in [0.29, 0.717) is 18.8 Å². The second-order valence-electron chi connectivity index (χ2n) is 4.09. The number of benzene rings is 1. The minimum Gasteiger partial charge on any atom is -0.492 e. The summed E-state index contributed by atoms with van der Waals surface area (Å²) in [7, 11) is 0. The fourth-order valence-electron chi connectivity index (χ4n) is 1.47. The summed E-state index contributed by atoms with van der Waals surface area (Å²) in [6, 6.07) is 7.55. The van der Waals surface area contributed by atoms with Crippen molar-refractivity contribution in [2.45, 2.75) is 26.2 Å². The predicted octanol–water partition coefficient (Wildman–Crippen LogP) is 3.24. The number of ether oxygens (including phenoxy) is 1. The molecule has 0 aliphatic heterocycles. The summed E-state index contributed by atoms with van der Waals surface area (Å²) >= 11 is 0. The fourth-order valence-corrected chi connectivity index (χ4v) is 1.47. The van der Waals surface area contributed by atoms with Gasteiger partial charge in [-0.05, 0) is 12.1 Å². The molecule has 0 bridgehead atoms. The van der Waals surface area contributed by atoms with Crippen molar-refractivity contribution in [2.24, 2.45) is 0 Å². The Labute approximate surface area is 99.8 Å². The maximum Gasteiger partial charge on any atom is 0.198 e. The zero-order chi connectivity index (χ0) is 12.3. The quantitative estimate of drug-likeness (QED) is 0.756. The van der Waals surface area contributed by atoms with Crippen LogP contribution in [0.4, 0.5) is 0 Å². The molecule has 0 aliphatic rings. The Morgan fingerprint density at radius 2 is 2.29 bits per heavy atom. The zero-order valence-corrected chi connectivity index (χ0v) is 9.93. The van der Waals surface area contributed by atoms with Crippen LogP contribution in [-0.2, 0) is 0 Å². The normalized spacial score (nSPS) is 10.7. The fraction of sp³-hybridized carbons (Fsp3) is 0.385. The van der Waals surface area contributed by atoms with Crippen molar-refractivity contribution in [3.8, 4) is 11.8 Å². The van der Waals surface area contributed by atoms with Crippen LogP contribution in [0.3, 0.4) is 0 Å². The minimum atomic E-state index is 0.269. The number of hydrogen-bond donors (Lipinski definition) is 0. The summed E-state index contributed by atoms with van der Waals surface area (Å²) in [6.45, 7) is 4.47.